The van der Waals surface area contributed by atoms with Gasteiger partial charge in [0.15, 0.2) is 0 Å². The Morgan fingerprint density at radius 3 is 2.64 bits per heavy atom. The number of fused-ring (bicyclic) bond motifs is 1. The summed E-state index contributed by atoms with van der Waals surface area (Å²) in [5, 5.41) is 3.04. The zero-order valence-electron chi connectivity index (χ0n) is 12.7. The van der Waals surface area contributed by atoms with Gasteiger partial charge in [-0.25, -0.2) is 9.97 Å². The molecule has 0 bridgehead atoms. The number of aromatic nitrogens is 2. The zero-order valence-corrected chi connectivity index (χ0v) is 14.3. The molecule has 0 saturated carbocycles. The molecule has 5 heteroatoms. The van der Waals surface area contributed by atoms with E-state index in [0.717, 1.165) is 34.3 Å². The molecule has 1 amide bonds. The molecule has 1 aliphatic carbocycles. The van der Waals surface area contributed by atoms with Crippen LogP contribution in [-0.4, -0.2) is 15.9 Å². The molecule has 1 atom stereocenters. The Morgan fingerprint density at radius 2 is 1.91 bits per heavy atom. The highest BCUT2D eigenvalue weighted by atomic mass is 79.9. The van der Waals surface area contributed by atoms with Crippen LogP contribution in [-0.2, 0) is 24.2 Å². The highest BCUT2D eigenvalue weighted by Crippen LogP contribution is 2.29. The van der Waals surface area contributed by atoms with Crippen LogP contribution in [0.2, 0.25) is 0 Å². The molecular weight excluding hydrogens is 342 g/mol. The molecule has 2 aromatic rings. The topological polar surface area (TPSA) is 54.9 Å². The monoisotopic (exact) mass is 359 g/mol. The molecule has 1 heterocycles. The van der Waals surface area contributed by atoms with Gasteiger partial charge in [0.05, 0.1) is 0 Å². The smallest absolute Gasteiger partial charge is 0.224 e. The van der Waals surface area contributed by atoms with E-state index in [0.29, 0.717) is 6.54 Å². The van der Waals surface area contributed by atoms with Crippen molar-refractivity contribution in [1.29, 1.82) is 0 Å². The van der Waals surface area contributed by atoms with Gasteiger partial charge in [-0.05, 0) is 49.9 Å². The first kappa shape index (κ1) is 15.2. The number of aryl methyl sites for hydroxylation is 2. The lowest BCUT2D eigenvalue weighted by Gasteiger charge is -2.12. The summed E-state index contributed by atoms with van der Waals surface area (Å²) in [6.45, 7) is 4.38. The van der Waals surface area contributed by atoms with Crippen molar-refractivity contribution in [2.45, 2.75) is 33.2 Å². The van der Waals surface area contributed by atoms with E-state index >= 15 is 0 Å². The fourth-order valence-corrected chi connectivity index (χ4v) is 3.38. The van der Waals surface area contributed by atoms with Crippen LogP contribution >= 0.6 is 15.9 Å². The number of amides is 1. The van der Waals surface area contributed by atoms with Crippen LogP contribution in [0.15, 0.2) is 29.0 Å². The Bertz CT molecular complexity index is 710. The predicted octanol–water partition coefficient (Wildman–Crippen LogP) is 2.89. The minimum absolute atomic E-state index is 0.0227. The Kier molecular flexibility index (Phi) is 4.25. The Morgan fingerprint density at radius 1 is 1.23 bits per heavy atom. The maximum atomic E-state index is 12.4. The first-order valence-corrected chi connectivity index (χ1v) is 8.16. The zero-order chi connectivity index (χ0) is 15.7. The van der Waals surface area contributed by atoms with E-state index in [4.69, 9.17) is 0 Å². The average Bonchev–Trinajstić information content (AvgIpc) is 2.89. The van der Waals surface area contributed by atoms with Gasteiger partial charge < -0.3 is 5.32 Å². The molecule has 0 radical (unpaired) electrons. The summed E-state index contributed by atoms with van der Waals surface area (Å²) in [4.78, 5) is 20.8. The number of hydrogen-bond donors (Lipinski definition) is 1. The van der Waals surface area contributed by atoms with Crippen molar-refractivity contribution in [3.8, 4) is 0 Å². The third-order valence-corrected chi connectivity index (χ3v) is 4.78. The van der Waals surface area contributed by atoms with Crippen LogP contribution in [0.4, 0.5) is 0 Å². The number of carbonyl (C=O) groups excluding carboxylic acids is 1. The quantitative estimate of drug-likeness (QED) is 0.916. The number of nitrogens with zero attached hydrogens (tertiary/aromatic N) is 2. The fraction of sp³-hybridized carbons (Fsp3) is 0.353. The Labute approximate surface area is 138 Å². The minimum Gasteiger partial charge on any atom is -0.352 e. The number of halogens is 1. The first-order chi connectivity index (χ1) is 10.5. The summed E-state index contributed by atoms with van der Waals surface area (Å²) >= 11 is 3.48. The summed E-state index contributed by atoms with van der Waals surface area (Å²) in [5.41, 5.74) is 5.40. The van der Waals surface area contributed by atoms with Crippen molar-refractivity contribution in [1.82, 2.24) is 15.3 Å². The molecule has 114 valence electrons. The van der Waals surface area contributed by atoms with Crippen molar-refractivity contribution in [2.24, 2.45) is 5.92 Å². The third kappa shape index (κ3) is 3.04. The molecular formula is C17H18BrN3O. The second kappa shape index (κ2) is 6.16. The predicted molar refractivity (Wildman–Crippen MR) is 88.4 cm³/mol. The molecule has 4 nitrogen and oxygen atoms in total. The summed E-state index contributed by atoms with van der Waals surface area (Å²) in [7, 11) is 0. The molecule has 1 N–H and O–H groups in total. The van der Waals surface area contributed by atoms with Crippen LogP contribution in [0.5, 0.6) is 0 Å². The lowest BCUT2D eigenvalue weighted by molar-refractivity contribution is -0.124. The Balaban J connectivity index is 1.65. The lowest BCUT2D eigenvalue weighted by atomic mass is 10.1. The van der Waals surface area contributed by atoms with Gasteiger partial charge in [0.1, 0.15) is 6.33 Å². The van der Waals surface area contributed by atoms with E-state index in [1.54, 1.807) is 6.33 Å². The molecule has 0 saturated heterocycles. The number of carbonyl (C=O) groups is 1. The molecule has 22 heavy (non-hydrogen) atoms. The standard InChI is InChI=1S/C17H18BrN3O/c1-10-16(11(2)21-9-20-10)8-19-17(22)14-5-12-3-4-15(18)7-13(12)6-14/h3-4,7,9,14H,5-6,8H2,1-2H3,(H,19,22). The summed E-state index contributed by atoms with van der Waals surface area (Å²) < 4.78 is 1.07. The maximum absolute atomic E-state index is 12.4. The average molecular weight is 360 g/mol. The van der Waals surface area contributed by atoms with Gasteiger partial charge in [0.2, 0.25) is 5.91 Å². The SMILES string of the molecule is Cc1ncnc(C)c1CNC(=O)C1Cc2ccc(Br)cc2C1. The van der Waals surface area contributed by atoms with Crippen LogP contribution in [0, 0.1) is 19.8 Å². The van der Waals surface area contributed by atoms with Crippen LogP contribution in [0.3, 0.4) is 0 Å². The van der Waals surface area contributed by atoms with E-state index in [1.165, 1.54) is 11.1 Å². The van der Waals surface area contributed by atoms with Crippen molar-refractivity contribution >= 4 is 21.8 Å². The minimum atomic E-state index is 0.0227. The van der Waals surface area contributed by atoms with Gasteiger partial charge in [0.25, 0.3) is 0 Å². The summed E-state index contributed by atoms with van der Waals surface area (Å²) in [5.74, 6) is 0.129. The summed E-state index contributed by atoms with van der Waals surface area (Å²) in [6, 6.07) is 6.25. The number of benzene rings is 1. The normalized spacial score (nSPS) is 16.4. The van der Waals surface area contributed by atoms with Crippen molar-refractivity contribution in [3.63, 3.8) is 0 Å². The number of hydrogen-bond acceptors (Lipinski definition) is 3. The second-order valence-electron chi connectivity index (χ2n) is 5.76. The molecule has 0 fully saturated rings. The molecule has 1 aromatic heterocycles. The molecule has 3 rings (SSSR count). The van der Waals surface area contributed by atoms with Crippen molar-refractivity contribution in [3.05, 3.63) is 57.1 Å². The molecule has 1 aliphatic rings. The summed E-state index contributed by atoms with van der Waals surface area (Å²) in [6.07, 6.45) is 3.18. The maximum Gasteiger partial charge on any atom is 0.224 e. The number of nitrogens with one attached hydrogen (secondary N) is 1. The van der Waals surface area contributed by atoms with Gasteiger partial charge in [-0.3, -0.25) is 4.79 Å². The highest BCUT2D eigenvalue weighted by Gasteiger charge is 2.27. The molecule has 0 spiro atoms. The molecule has 0 aliphatic heterocycles. The first-order valence-electron chi connectivity index (χ1n) is 7.36. The van der Waals surface area contributed by atoms with Gasteiger partial charge in [0, 0.05) is 33.9 Å². The van der Waals surface area contributed by atoms with Gasteiger partial charge in [-0.15, -0.1) is 0 Å². The lowest BCUT2D eigenvalue weighted by Crippen LogP contribution is -2.31. The molecule has 1 aromatic carbocycles. The van der Waals surface area contributed by atoms with E-state index in [9.17, 15) is 4.79 Å². The van der Waals surface area contributed by atoms with E-state index in [-0.39, 0.29) is 11.8 Å². The largest absolute Gasteiger partial charge is 0.352 e. The van der Waals surface area contributed by atoms with Gasteiger partial charge in [-0.1, -0.05) is 22.0 Å². The fourth-order valence-electron chi connectivity index (χ4n) is 2.97. The van der Waals surface area contributed by atoms with Crippen LogP contribution in [0.1, 0.15) is 28.1 Å². The third-order valence-electron chi connectivity index (χ3n) is 4.29. The molecule has 1 unspecified atom stereocenters. The van der Waals surface area contributed by atoms with Crippen LogP contribution < -0.4 is 5.32 Å². The van der Waals surface area contributed by atoms with Crippen LogP contribution in [0.25, 0.3) is 0 Å². The van der Waals surface area contributed by atoms with Gasteiger partial charge >= 0.3 is 0 Å². The Hall–Kier alpha value is -1.75. The van der Waals surface area contributed by atoms with Crippen molar-refractivity contribution in [2.75, 3.05) is 0 Å². The second-order valence-corrected chi connectivity index (χ2v) is 6.67. The van der Waals surface area contributed by atoms with E-state index in [2.05, 4.69) is 43.3 Å². The van der Waals surface area contributed by atoms with E-state index in [1.807, 2.05) is 19.9 Å². The number of rotatable bonds is 3. The van der Waals surface area contributed by atoms with E-state index < -0.39 is 0 Å². The highest BCUT2D eigenvalue weighted by molar-refractivity contribution is 9.10. The van der Waals surface area contributed by atoms with Crippen molar-refractivity contribution < 1.29 is 4.79 Å². The van der Waals surface area contributed by atoms with Gasteiger partial charge in [-0.2, -0.15) is 0 Å².